The fourth-order valence-electron chi connectivity index (χ4n) is 3.44. The lowest BCUT2D eigenvalue weighted by Crippen LogP contribution is -2.47. The molecule has 1 saturated heterocycles. The topological polar surface area (TPSA) is 96.5 Å². The Morgan fingerprint density at radius 1 is 1.22 bits per heavy atom. The molecule has 1 aliphatic rings. The number of anilines is 1. The van der Waals surface area contributed by atoms with Crippen molar-refractivity contribution < 1.29 is 18.7 Å². The maximum Gasteiger partial charge on any atom is 0.317 e. The van der Waals surface area contributed by atoms with Gasteiger partial charge in [0.1, 0.15) is 11.6 Å². The van der Waals surface area contributed by atoms with Crippen LogP contribution in [-0.2, 0) is 11.3 Å². The number of pyridine rings is 1. The number of ether oxygens (including phenoxy) is 1. The Bertz CT molecular complexity index is 1080. The van der Waals surface area contributed by atoms with E-state index in [1.165, 1.54) is 23.5 Å². The van der Waals surface area contributed by atoms with Crippen LogP contribution in [0.1, 0.15) is 18.4 Å². The first-order valence-corrected chi connectivity index (χ1v) is 11.1. The number of carbonyl (C=O) groups is 2. The van der Waals surface area contributed by atoms with E-state index >= 15 is 0 Å². The van der Waals surface area contributed by atoms with Crippen LogP contribution in [0.15, 0.2) is 54.2 Å². The van der Waals surface area contributed by atoms with Gasteiger partial charge < -0.3 is 20.3 Å². The van der Waals surface area contributed by atoms with Gasteiger partial charge in [-0.2, -0.15) is 0 Å². The smallest absolute Gasteiger partial charge is 0.317 e. The molecule has 10 heteroatoms. The van der Waals surface area contributed by atoms with Gasteiger partial charge in [-0.25, -0.2) is 19.2 Å². The average Bonchev–Trinajstić information content (AvgIpc) is 3.31. The van der Waals surface area contributed by atoms with E-state index in [1.54, 1.807) is 46.9 Å². The predicted molar refractivity (Wildman–Crippen MR) is 118 cm³/mol. The third-order valence-electron chi connectivity index (χ3n) is 5.03. The van der Waals surface area contributed by atoms with Gasteiger partial charge in [0, 0.05) is 49.0 Å². The molecule has 3 amide bonds. The number of hydrogen-bond donors (Lipinski definition) is 2. The van der Waals surface area contributed by atoms with Crippen LogP contribution in [0.4, 0.5) is 14.3 Å². The van der Waals surface area contributed by atoms with Crippen molar-refractivity contribution in [2.24, 2.45) is 5.92 Å². The Hall–Kier alpha value is -3.53. The summed E-state index contributed by atoms with van der Waals surface area (Å²) in [5.41, 5.74) is 0.653. The summed E-state index contributed by atoms with van der Waals surface area (Å²) < 4.78 is 19.1. The Balaban J connectivity index is 1.34. The number of likely N-dealkylation sites (tertiary alicyclic amines) is 1. The molecule has 0 saturated carbocycles. The van der Waals surface area contributed by atoms with Gasteiger partial charge >= 0.3 is 6.03 Å². The number of aromatic nitrogens is 2. The minimum Gasteiger partial charge on any atom is -0.439 e. The fraction of sp³-hybridized carbons (Fsp3) is 0.273. The molecular weight excluding hydrogens is 433 g/mol. The van der Waals surface area contributed by atoms with Crippen LogP contribution in [0.2, 0.25) is 0 Å². The molecule has 8 nitrogen and oxygen atoms in total. The van der Waals surface area contributed by atoms with E-state index in [-0.39, 0.29) is 30.3 Å². The maximum atomic E-state index is 13.4. The van der Waals surface area contributed by atoms with Crippen LogP contribution in [0.25, 0.3) is 0 Å². The number of carbonyl (C=O) groups excluding carboxylic acids is 2. The third-order valence-corrected chi connectivity index (χ3v) is 5.72. The number of urea groups is 1. The second-order valence-electron chi connectivity index (χ2n) is 7.30. The number of rotatable bonds is 6. The van der Waals surface area contributed by atoms with E-state index in [0.29, 0.717) is 29.5 Å². The number of amides is 3. The normalized spacial score (nSPS) is 15.8. The minimum atomic E-state index is -0.410. The van der Waals surface area contributed by atoms with Crippen LogP contribution in [0, 0.1) is 11.7 Å². The van der Waals surface area contributed by atoms with E-state index in [0.717, 1.165) is 12.8 Å². The van der Waals surface area contributed by atoms with Crippen molar-refractivity contribution in [3.8, 4) is 11.6 Å². The summed E-state index contributed by atoms with van der Waals surface area (Å²) >= 11 is 1.36. The molecule has 0 radical (unpaired) electrons. The maximum absolute atomic E-state index is 13.4. The number of halogens is 1. The van der Waals surface area contributed by atoms with E-state index in [9.17, 15) is 14.0 Å². The SMILES string of the molecule is O=C(Nc1nccs1)C1CCCN(C(=O)NCc2cccnc2Oc2cccc(F)c2)C1. The zero-order chi connectivity index (χ0) is 22.3. The van der Waals surface area contributed by atoms with Gasteiger partial charge in [0.2, 0.25) is 11.8 Å². The van der Waals surface area contributed by atoms with Gasteiger partial charge in [-0.15, -0.1) is 11.3 Å². The van der Waals surface area contributed by atoms with Gasteiger partial charge in [0.15, 0.2) is 5.13 Å². The van der Waals surface area contributed by atoms with Gasteiger partial charge in [0.05, 0.1) is 5.92 Å². The molecule has 2 N–H and O–H groups in total. The first-order chi connectivity index (χ1) is 15.6. The van der Waals surface area contributed by atoms with Crippen molar-refractivity contribution in [2.75, 3.05) is 18.4 Å². The standard InChI is InChI=1S/C22H22FN5O3S/c23-17-6-1-7-18(12-17)31-20-15(4-2-8-24-20)13-26-22(30)28-10-3-5-16(14-28)19(29)27-21-25-9-11-32-21/h1-2,4,6-9,11-12,16H,3,5,10,13-14H2,(H,26,30)(H,25,27,29). The first-order valence-electron chi connectivity index (χ1n) is 10.2. The zero-order valence-corrected chi connectivity index (χ0v) is 18.0. The van der Waals surface area contributed by atoms with Crippen LogP contribution in [-0.4, -0.2) is 39.9 Å². The van der Waals surface area contributed by atoms with Crippen LogP contribution >= 0.6 is 11.3 Å². The van der Waals surface area contributed by atoms with Gasteiger partial charge in [-0.1, -0.05) is 12.1 Å². The molecule has 166 valence electrons. The molecule has 0 bridgehead atoms. The van der Waals surface area contributed by atoms with Crippen molar-refractivity contribution >= 4 is 28.4 Å². The van der Waals surface area contributed by atoms with Crippen molar-refractivity contribution in [1.29, 1.82) is 0 Å². The molecule has 0 aliphatic carbocycles. The monoisotopic (exact) mass is 455 g/mol. The molecule has 4 rings (SSSR count). The van der Waals surface area contributed by atoms with E-state index in [4.69, 9.17) is 4.74 Å². The number of thiazole rings is 1. The van der Waals surface area contributed by atoms with Gasteiger partial charge in [-0.3, -0.25) is 4.79 Å². The summed E-state index contributed by atoms with van der Waals surface area (Å²) in [7, 11) is 0. The van der Waals surface area contributed by atoms with Crippen molar-refractivity contribution in [3.05, 3.63) is 65.6 Å². The number of benzene rings is 1. The summed E-state index contributed by atoms with van der Waals surface area (Å²) in [5, 5.41) is 8.01. The molecule has 1 fully saturated rings. The summed E-state index contributed by atoms with van der Waals surface area (Å²) in [4.78, 5) is 35.1. The largest absolute Gasteiger partial charge is 0.439 e. The molecule has 32 heavy (non-hydrogen) atoms. The number of nitrogens with zero attached hydrogens (tertiary/aromatic N) is 3. The van der Waals surface area contributed by atoms with Gasteiger partial charge in [-0.05, 0) is 31.0 Å². The van der Waals surface area contributed by atoms with Crippen molar-refractivity contribution in [1.82, 2.24) is 20.2 Å². The van der Waals surface area contributed by atoms with E-state index in [1.807, 2.05) is 0 Å². The second-order valence-corrected chi connectivity index (χ2v) is 8.19. The van der Waals surface area contributed by atoms with E-state index < -0.39 is 5.82 Å². The lowest BCUT2D eigenvalue weighted by atomic mass is 9.97. The Morgan fingerprint density at radius 3 is 2.94 bits per heavy atom. The highest BCUT2D eigenvalue weighted by atomic mass is 32.1. The van der Waals surface area contributed by atoms with Gasteiger partial charge in [0.25, 0.3) is 0 Å². The molecule has 1 aromatic carbocycles. The highest BCUT2D eigenvalue weighted by molar-refractivity contribution is 7.13. The third kappa shape index (κ3) is 5.58. The summed E-state index contributed by atoms with van der Waals surface area (Å²) in [6, 6.07) is 9.02. The van der Waals surface area contributed by atoms with Crippen LogP contribution < -0.4 is 15.4 Å². The number of piperidine rings is 1. The van der Waals surface area contributed by atoms with Crippen LogP contribution in [0.3, 0.4) is 0 Å². The van der Waals surface area contributed by atoms with Crippen molar-refractivity contribution in [3.63, 3.8) is 0 Å². The Labute approximate surface area is 188 Å². The fourth-order valence-corrected chi connectivity index (χ4v) is 3.98. The second kappa shape index (κ2) is 10.2. The molecule has 0 spiro atoms. The molecule has 3 heterocycles. The number of nitrogens with one attached hydrogen (secondary N) is 2. The van der Waals surface area contributed by atoms with Crippen molar-refractivity contribution in [2.45, 2.75) is 19.4 Å². The molecular formula is C22H22FN5O3S. The summed E-state index contributed by atoms with van der Waals surface area (Å²) in [6.07, 6.45) is 4.65. The number of hydrogen-bond acceptors (Lipinski definition) is 6. The molecule has 1 unspecified atom stereocenters. The quantitative estimate of drug-likeness (QED) is 0.585. The predicted octanol–water partition coefficient (Wildman–Crippen LogP) is 4.03. The molecule has 2 aromatic heterocycles. The molecule has 1 aliphatic heterocycles. The average molecular weight is 456 g/mol. The van der Waals surface area contributed by atoms with Crippen LogP contribution in [0.5, 0.6) is 11.6 Å². The summed E-state index contributed by atoms with van der Waals surface area (Å²) in [6.45, 7) is 1.10. The minimum absolute atomic E-state index is 0.129. The Morgan fingerprint density at radius 2 is 2.12 bits per heavy atom. The highest BCUT2D eigenvalue weighted by Gasteiger charge is 2.28. The highest BCUT2D eigenvalue weighted by Crippen LogP contribution is 2.24. The lowest BCUT2D eigenvalue weighted by molar-refractivity contribution is -0.121. The zero-order valence-electron chi connectivity index (χ0n) is 17.2. The lowest BCUT2D eigenvalue weighted by Gasteiger charge is -2.32. The first kappa shape index (κ1) is 21.7. The summed E-state index contributed by atoms with van der Waals surface area (Å²) in [5.74, 6) is -0.217. The van der Waals surface area contributed by atoms with E-state index in [2.05, 4.69) is 20.6 Å². The Kier molecular flexibility index (Phi) is 6.90. The molecule has 1 atom stereocenters. The molecule has 3 aromatic rings.